The molecule has 0 spiro atoms. The molecule has 0 N–H and O–H groups in total. The van der Waals surface area contributed by atoms with Gasteiger partial charge in [-0.15, -0.1) is 0 Å². The van der Waals surface area contributed by atoms with Gasteiger partial charge < -0.3 is 21.7 Å². The Morgan fingerprint density at radius 3 is 2.67 bits per heavy atom. The summed E-state index contributed by atoms with van der Waals surface area (Å²) in [5, 5.41) is 0. The van der Waals surface area contributed by atoms with E-state index in [4.69, 9.17) is 4.74 Å². The normalized spacial score (nSPS) is 13.6. The molecule has 1 aromatic heterocycles. The van der Waals surface area contributed by atoms with Crippen molar-refractivity contribution in [3.63, 3.8) is 0 Å². The van der Waals surface area contributed by atoms with E-state index >= 15 is 0 Å². The van der Waals surface area contributed by atoms with Gasteiger partial charge in [0.1, 0.15) is 11.6 Å². The van der Waals surface area contributed by atoms with Crippen LogP contribution in [0.3, 0.4) is 0 Å². The highest BCUT2D eigenvalue weighted by Gasteiger charge is 2.28. The monoisotopic (exact) mass is 432 g/mol. The quantitative estimate of drug-likeness (QED) is 0.449. The van der Waals surface area contributed by atoms with E-state index in [1.807, 2.05) is 0 Å². The molecular weight excluding hydrogens is 411 g/mol. The SMILES string of the molecule is COc1ccc(C(=O)C[n+]2c3n(c4cc(F)ccc42)CCCCC3)cc1.[Br-]. The van der Waals surface area contributed by atoms with Gasteiger partial charge in [0.05, 0.1) is 13.7 Å². The van der Waals surface area contributed by atoms with E-state index in [1.165, 1.54) is 6.07 Å². The lowest BCUT2D eigenvalue weighted by molar-refractivity contribution is -0.665. The van der Waals surface area contributed by atoms with Crippen molar-refractivity contribution in [2.24, 2.45) is 0 Å². The number of hydrogen-bond donors (Lipinski definition) is 0. The summed E-state index contributed by atoms with van der Waals surface area (Å²) in [4.78, 5) is 12.8. The number of ketones is 1. The number of hydrogen-bond acceptors (Lipinski definition) is 2. The Bertz CT molecular complexity index is 966. The van der Waals surface area contributed by atoms with Crippen LogP contribution in [-0.2, 0) is 19.5 Å². The first-order chi connectivity index (χ1) is 12.7. The molecule has 1 aliphatic rings. The summed E-state index contributed by atoms with van der Waals surface area (Å²) in [5.41, 5.74) is 2.46. The first-order valence-electron chi connectivity index (χ1n) is 9.05. The van der Waals surface area contributed by atoms with Gasteiger partial charge >= 0.3 is 0 Å². The third-order valence-corrected chi connectivity index (χ3v) is 5.14. The highest BCUT2D eigenvalue weighted by atomic mass is 79.9. The molecule has 0 atom stereocenters. The highest BCUT2D eigenvalue weighted by Crippen LogP contribution is 2.22. The van der Waals surface area contributed by atoms with E-state index in [0.717, 1.165) is 54.8 Å². The number of halogens is 2. The van der Waals surface area contributed by atoms with Crippen LogP contribution in [0.25, 0.3) is 11.0 Å². The number of nitrogens with zero attached hydrogens (tertiary/aromatic N) is 2. The fraction of sp³-hybridized carbons (Fsp3) is 0.333. The minimum atomic E-state index is -0.240. The van der Waals surface area contributed by atoms with Gasteiger partial charge in [-0.2, -0.15) is 0 Å². The molecule has 0 amide bonds. The van der Waals surface area contributed by atoms with Gasteiger partial charge in [-0.1, -0.05) is 0 Å². The Balaban J connectivity index is 0.00000210. The first kappa shape index (κ1) is 19.5. The summed E-state index contributed by atoms with van der Waals surface area (Å²) in [5.74, 6) is 1.65. The second-order valence-corrected chi connectivity index (χ2v) is 6.75. The van der Waals surface area contributed by atoms with E-state index in [9.17, 15) is 9.18 Å². The molecule has 0 saturated heterocycles. The molecule has 4 rings (SSSR count). The Hall–Kier alpha value is -2.21. The molecule has 142 valence electrons. The molecule has 1 aliphatic heterocycles. The summed E-state index contributed by atoms with van der Waals surface area (Å²) in [7, 11) is 1.61. The first-order valence-corrected chi connectivity index (χ1v) is 9.05. The predicted octanol–water partition coefficient (Wildman–Crippen LogP) is 0.690. The predicted molar refractivity (Wildman–Crippen MR) is 97.0 cm³/mol. The Labute approximate surface area is 168 Å². The summed E-state index contributed by atoms with van der Waals surface area (Å²) >= 11 is 0. The molecule has 0 aliphatic carbocycles. The fourth-order valence-electron chi connectivity index (χ4n) is 3.80. The Morgan fingerprint density at radius 1 is 1.15 bits per heavy atom. The third-order valence-electron chi connectivity index (χ3n) is 5.14. The van der Waals surface area contributed by atoms with Gasteiger partial charge in [-0.25, -0.2) is 13.5 Å². The lowest BCUT2D eigenvalue weighted by Crippen LogP contribution is -3.00. The summed E-state index contributed by atoms with van der Waals surface area (Å²) < 4.78 is 23.2. The second kappa shape index (κ2) is 8.21. The molecule has 0 fully saturated rings. The maximum Gasteiger partial charge on any atom is 0.257 e. The van der Waals surface area contributed by atoms with Gasteiger partial charge in [0.25, 0.3) is 5.82 Å². The van der Waals surface area contributed by atoms with Crippen molar-refractivity contribution in [3.05, 3.63) is 59.7 Å². The third kappa shape index (κ3) is 3.76. The van der Waals surface area contributed by atoms with Crippen LogP contribution in [0.1, 0.15) is 35.4 Å². The molecule has 0 unspecified atom stereocenters. The van der Waals surface area contributed by atoms with Gasteiger partial charge in [0, 0.05) is 18.1 Å². The molecule has 4 nitrogen and oxygen atoms in total. The average molecular weight is 433 g/mol. The number of carbonyl (C=O) groups is 1. The van der Waals surface area contributed by atoms with E-state index in [-0.39, 0.29) is 35.1 Å². The Morgan fingerprint density at radius 2 is 1.93 bits per heavy atom. The van der Waals surface area contributed by atoms with Crippen LogP contribution >= 0.6 is 0 Å². The number of aryl methyl sites for hydroxylation is 1. The number of benzene rings is 2. The molecule has 6 heteroatoms. The van der Waals surface area contributed by atoms with Crippen molar-refractivity contribution >= 4 is 16.8 Å². The number of methoxy groups -OCH3 is 1. The van der Waals surface area contributed by atoms with Crippen LogP contribution in [0.15, 0.2) is 42.5 Å². The number of carbonyl (C=O) groups excluding carboxylic acids is 1. The number of fused-ring (bicyclic) bond motifs is 3. The zero-order valence-corrected chi connectivity index (χ0v) is 16.8. The Kier molecular flexibility index (Phi) is 5.95. The maximum atomic E-state index is 13.8. The number of Topliss-reactive ketones (excluding diaryl/α,β-unsaturated/α-hetero) is 1. The van der Waals surface area contributed by atoms with Crippen molar-refractivity contribution in [2.75, 3.05) is 7.11 Å². The molecular formula is C21H22BrFN2O2. The van der Waals surface area contributed by atoms with E-state index in [0.29, 0.717) is 5.56 Å². The van der Waals surface area contributed by atoms with Crippen LogP contribution in [0.5, 0.6) is 5.75 Å². The van der Waals surface area contributed by atoms with Gasteiger partial charge in [-0.3, -0.25) is 4.79 Å². The minimum Gasteiger partial charge on any atom is -1.00 e. The summed E-state index contributed by atoms with van der Waals surface area (Å²) in [6.07, 6.45) is 4.24. The number of imidazole rings is 1. The second-order valence-electron chi connectivity index (χ2n) is 6.75. The fourth-order valence-corrected chi connectivity index (χ4v) is 3.80. The molecule has 3 aromatic rings. The summed E-state index contributed by atoms with van der Waals surface area (Å²) in [6.45, 7) is 1.13. The molecule has 2 heterocycles. The van der Waals surface area contributed by atoms with Crippen LogP contribution in [0.2, 0.25) is 0 Å². The lowest BCUT2D eigenvalue weighted by Gasteiger charge is -2.04. The largest absolute Gasteiger partial charge is 1.00 e. The van der Waals surface area contributed by atoms with E-state index in [2.05, 4.69) is 9.13 Å². The van der Waals surface area contributed by atoms with Gasteiger partial charge in [0.2, 0.25) is 5.78 Å². The average Bonchev–Trinajstić information content (AvgIpc) is 2.81. The van der Waals surface area contributed by atoms with Crippen LogP contribution in [-0.4, -0.2) is 17.5 Å². The van der Waals surface area contributed by atoms with Crippen LogP contribution in [0.4, 0.5) is 4.39 Å². The molecule has 0 bridgehead atoms. The van der Waals surface area contributed by atoms with Crippen molar-refractivity contribution in [3.8, 4) is 5.75 Å². The number of aromatic nitrogens is 2. The van der Waals surface area contributed by atoms with E-state index < -0.39 is 0 Å². The minimum absolute atomic E-state index is 0. The standard InChI is InChI=1S/C21H22FN2O2.BrH/c1-26-17-9-6-15(7-10-17)20(25)14-24-18-11-8-16(22)13-19(18)23-12-4-2-3-5-21(23)24;/h6-11,13H,2-5,12,14H2,1H3;1H/q+1;/p-1. The van der Waals surface area contributed by atoms with Gasteiger partial charge in [-0.05, 0) is 55.7 Å². The summed E-state index contributed by atoms with van der Waals surface area (Å²) in [6, 6.07) is 12.0. The maximum absolute atomic E-state index is 13.8. The lowest BCUT2D eigenvalue weighted by atomic mass is 10.1. The van der Waals surface area contributed by atoms with Crippen molar-refractivity contribution in [2.45, 2.75) is 38.8 Å². The topological polar surface area (TPSA) is 35.1 Å². The van der Waals surface area contributed by atoms with Crippen molar-refractivity contribution < 1.29 is 35.5 Å². The zero-order valence-electron chi connectivity index (χ0n) is 15.3. The molecule has 2 aromatic carbocycles. The van der Waals surface area contributed by atoms with E-state index in [1.54, 1.807) is 43.5 Å². The van der Waals surface area contributed by atoms with Crippen LogP contribution in [0, 0.1) is 5.82 Å². The molecule has 27 heavy (non-hydrogen) atoms. The number of rotatable bonds is 4. The molecule has 0 saturated carbocycles. The highest BCUT2D eigenvalue weighted by molar-refractivity contribution is 5.95. The van der Waals surface area contributed by atoms with Gasteiger partial charge in [0.15, 0.2) is 17.6 Å². The van der Waals surface area contributed by atoms with Crippen molar-refractivity contribution in [1.29, 1.82) is 0 Å². The molecule has 0 radical (unpaired) electrons. The smallest absolute Gasteiger partial charge is 0.257 e. The van der Waals surface area contributed by atoms with Crippen LogP contribution < -0.4 is 26.3 Å². The number of ether oxygens (including phenoxy) is 1. The zero-order chi connectivity index (χ0) is 18.1. The van der Waals surface area contributed by atoms with Crippen molar-refractivity contribution in [1.82, 2.24) is 4.57 Å².